The highest BCUT2D eigenvalue weighted by atomic mass is 19.4. The minimum atomic E-state index is -4.34. The fraction of sp³-hybridized carbons (Fsp3) is 0.417. The number of halogens is 3. The Balaban J connectivity index is 2.36. The molecule has 17 heavy (non-hydrogen) atoms. The van der Waals surface area contributed by atoms with Crippen LogP contribution in [0.2, 0.25) is 0 Å². The molecule has 0 unspecified atom stereocenters. The fourth-order valence-electron chi connectivity index (χ4n) is 1.32. The standard InChI is InChI=1S/C12H13F3O2/c1-9-3-2-4-10(7-9)11(16)5-6-17-8-12(13,14)15/h2-4,7H,5-6,8H2,1H3. The predicted octanol–water partition coefficient (Wildman–Crippen LogP) is 3.15. The molecular weight excluding hydrogens is 233 g/mol. The molecule has 0 bridgehead atoms. The summed E-state index contributed by atoms with van der Waals surface area (Å²) in [5.41, 5.74) is 1.44. The van der Waals surface area contributed by atoms with Gasteiger partial charge in [0.2, 0.25) is 0 Å². The van der Waals surface area contributed by atoms with Gasteiger partial charge in [0, 0.05) is 12.0 Å². The third kappa shape index (κ3) is 5.49. The number of ketones is 1. The van der Waals surface area contributed by atoms with Gasteiger partial charge in [-0.15, -0.1) is 0 Å². The molecular formula is C12H13F3O2. The molecule has 1 rings (SSSR count). The average molecular weight is 246 g/mol. The zero-order chi connectivity index (χ0) is 12.9. The molecule has 0 aliphatic rings. The van der Waals surface area contributed by atoms with Gasteiger partial charge in [-0.3, -0.25) is 4.79 Å². The van der Waals surface area contributed by atoms with Gasteiger partial charge in [-0.25, -0.2) is 0 Å². The number of carbonyl (C=O) groups is 1. The minimum Gasteiger partial charge on any atom is -0.372 e. The molecule has 0 aliphatic carbocycles. The first-order chi connectivity index (χ1) is 7.88. The number of Topliss-reactive ketones (excluding diaryl/α,β-unsaturated/α-hetero) is 1. The van der Waals surface area contributed by atoms with Crippen molar-refractivity contribution in [3.8, 4) is 0 Å². The molecule has 0 atom stereocenters. The van der Waals surface area contributed by atoms with Crippen molar-refractivity contribution in [2.45, 2.75) is 19.5 Å². The number of benzene rings is 1. The Morgan fingerprint density at radius 2 is 2.06 bits per heavy atom. The molecule has 1 aromatic carbocycles. The average Bonchev–Trinajstić information content (AvgIpc) is 2.23. The number of aryl methyl sites for hydroxylation is 1. The molecule has 94 valence electrons. The first-order valence-electron chi connectivity index (χ1n) is 5.13. The lowest BCUT2D eigenvalue weighted by Gasteiger charge is -2.07. The number of hydrogen-bond donors (Lipinski definition) is 0. The van der Waals surface area contributed by atoms with Gasteiger partial charge in [0.05, 0.1) is 6.61 Å². The summed E-state index contributed by atoms with van der Waals surface area (Å²) in [5, 5.41) is 0. The molecule has 0 saturated heterocycles. The van der Waals surface area contributed by atoms with E-state index in [-0.39, 0.29) is 18.8 Å². The van der Waals surface area contributed by atoms with Gasteiger partial charge in [0.15, 0.2) is 5.78 Å². The maximum absolute atomic E-state index is 11.7. The smallest absolute Gasteiger partial charge is 0.372 e. The van der Waals surface area contributed by atoms with Crippen molar-refractivity contribution < 1.29 is 22.7 Å². The topological polar surface area (TPSA) is 26.3 Å². The van der Waals surface area contributed by atoms with Gasteiger partial charge in [-0.2, -0.15) is 13.2 Å². The molecule has 0 spiro atoms. The van der Waals surface area contributed by atoms with Gasteiger partial charge in [0.1, 0.15) is 6.61 Å². The van der Waals surface area contributed by atoms with Crippen molar-refractivity contribution >= 4 is 5.78 Å². The zero-order valence-corrected chi connectivity index (χ0v) is 9.38. The summed E-state index contributed by atoms with van der Waals surface area (Å²) in [5.74, 6) is -0.212. The number of carbonyl (C=O) groups excluding carboxylic acids is 1. The second kappa shape index (κ2) is 5.82. The molecule has 1 aromatic rings. The third-order valence-electron chi connectivity index (χ3n) is 2.08. The van der Waals surface area contributed by atoms with E-state index in [0.717, 1.165) is 5.56 Å². The van der Waals surface area contributed by atoms with Crippen LogP contribution in [0, 0.1) is 6.92 Å². The van der Waals surface area contributed by atoms with Gasteiger partial charge < -0.3 is 4.74 Å². The second-order valence-corrected chi connectivity index (χ2v) is 3.71. The van der Waals surface area contributed by atoms with Crippen LogP contribution < -0.4 is 0 Å². The summed E-state index contributed by atoms with van der Waals surface area (Å²) in [7, 11) is 0. The van der Waals surface area contributed by atoms with Gasteiger partial charge >= 0.3 is 6.18 Å². The normalized spacial score (nSPS) is 11.5. The highest BCUT2D eigenvalue weighted by Crippen LogP contribution is 2.14. The largest absolute Gasteiger partial charge is 0.411 e. The fourth-order valence-corrected chi connectivity index (χ4v) is 1.32. The lowest BCUT2D eigenvalue weighted by Crippen LogP contribution is -2.18. The summed E-state index contributed by atoms with van der Waals surface area (Å²) in [6.07, 6.45) is -4.38. The van der Waals surface area contributed by atoms with Gasteiger partial charge in [0.25, 0.3) is 0 Å². The molecule has 5 heteroatoms. The Bertz CT molecular complexity index is 386. The van der Waals surface area contributed by atoms with E-state index in [9.17, 15) is 18.0 Å². The maximum atomic E-state index is 11.7. The third-order valence-corrected chi connectivity index (χ3v) is 2.08. The van der Waals surface area contributed by atoms with Crippen LogP contribution in [0.15, 0.2) is 24.3 Å². The Kier molecular flexibility index (Phi) is 4.69. The van der Waals surface area contributed by atoms with E-state index >= 15 is 0 Å². The Morgan fingerprint density at radius 1 is 1.35 bits per heavy atom. The van der Waals surface area contributed by atoms with Crippen molar-refractivity contribution in [3.63, 3.8) is 0 Å². The van der Waals surface area contributed by atoms with E-state index < -0.39 is 12.8 Å². The number of hydrogen-bond acceptors (Lipinski definition) is 2. The van der Waals surface area contributed by atoms with E-state index in [1.54, 1.807) is 18.2 Å². The van der Waals surface area contributed by atoms with Crippen molar-refractivity contribution in [2.75, 3.05) is 13.2 Å². The molecule has 0 fully saturated rings. The number of alkyl halides is 3. The summed E-state index contributed by atoms with van der Waals surface area (Å²) in [6, 6.07) is 6.92. The quantitative estimate of drug-likeness (QED) is 0.589. The number of rotatable bonds is 5. The maximum Gasteiger partial charge on any atom is 0.411 e. The van der Waals surface area contributed by atoms with Crippen molar-refractivity contribution in [1.82, 2.24) is 0 Å². The van der Waals surface area contributed by atoms with Gasteiger partial charge in [-0.1, -0.05) is 23.8 Å². The predicted molar refractivity (Wildman–Crippen MR) is 57.0 cm³/mol. The molecule has 0 radical (unpaired) electrons. The SMILES string of the molecule is Cc1cccc(C(=O)CCOCC(F)(F)F)c1. The first-order valence-corrected chi connectivity index (χ1v) is 5.13. The van der Waals surface area contributed by atoms with Crippen LogP contribution in [0.25, 0.3) is 0 Å². The summed E-state index contributed by atoms with van der Waals surface area (Å²) >= 11 is 0. The van der Waals surface area contributed by atoms with Crippen molar-refractivity contribution in [3.05, 3.63) is 35.4 Å². The summed E-state index contributed by atoms with van der Waals surface area (Å²) in [6.45, 7) is 0.317. The molecule has 0 aromatic heterocycles. The highest BCUT2D eigenvalue weighted by molar-refractivity contribution is 5.96. The number of ether oxygens (including phenoxy) is 1. The van der Waals surface area contributed by atoms with Crippen LogP contribution >= 0.6 is 0 Å². The Hall–Kier alpha value is -1.36. The monoisotopic (exact) mass is 246 g/mol. The molecule has 0 heterocycles. The molecule has 0 amide bonds. The van der Waals surface area contributed by atoms with Crippen LogP contribution in [0.3, 0.4) is 0 Å². The van der Waals surface area contributed by atoms with Crippen LogP contribution in [-0.4, -0.2) is 25.2 Å². The Labute approximate surface area is 97.4 Å². The molecule has 0 aliphatic heterocycles. The highest BCUT2D eigenvalue weighted by Gasteiger charge is 2.27. The Morgan fingerprint density at radius 3 is 2.65 bits per heavy atom. The van der Waals surface area contributed by atoms with Crippen LogP contribution in [0.1, 0.15) is 22.3 Å². The molecule has 0 saturated carbocycles. The molecule has 0 N–H and O–H groups in total. The van der Waals surface area contributed by atoms with Gasteiger partial charge in [-0.05, 0) is 13.0 Å². The van der Waals surface area contributed by atoms with Crippen molar-refractivity contribution in [2.24, 2.45) is 0 Å². The summed E-state index contributed by atoms with van der Waals surface area (Å²) in [4.78, 5) is 11.6. The van der Waals surface area contributed by atoms with E-state index in [0.29, 0.717) is 5.56 Å². The van der Waals surface area contributed by atoms with E-state index in [2.05, 4.69) is 4.74 Å². The lowest BCUT2D eigenvalue weighted by atomic mass is 10.1. The van der Waals surface area contributed by atoms with Crippen LogP contribution in [0.5, 0.6) is 0 Å². The minimum absolute atomic E-state index is 0.0421. The summed E-state index contributed by atoms with van der Waals surface area (Å²) < 4.78 is 39.6. The second-order valence-electron chi connectivity index (χ2n) is 3.71. The molecule has 2 nitrogen and oxygen atoms in total. The zero-order valence-electron chi connectivity index (χ0n) is 9.38. The van der Waals surface area contributed by atoms with E-state index in [1.807, 2.05) is 13.0 Å². The van der Waals surface area contributed by atoms with E-state index in [1.165, 1.54) is 0 Å². The van der Waals surface area contributed by atoms with Crippen LogP contribution in [-0.2, 0) is 4.74 Å². The first kappa shape index (κ1) is 13.7. The lowest BCUT2D eigenvalue weighted by molar-refractivity contribution is -0.173. The van der Waals surface area contributed by atoms with Crippen LogP contribution in [0.4, 0.5) is 13.2 Å². The van der Waals surface area contributed by atoms with E-state index in [4.69, 9.17) is 0 Å². The van der Waals surface area contributed by atoms with Crippen molar-refractivity contribution in [1.29, 1.82) is 0 Å².